The first-order valence-electron chi connectivity index (χ1n) is 12.8. The lowest BCUT2D eigenvalue weighted by molar-refractivity contribution is 0.104. The number of ether oxygens (including phenoxy) is 2. The van der Waals surface area contributed by atoms with Gasteiger partial charge in [0.1, 0.15) is 12.4 Å². The molecule has 1 saturated carbocycles. The highest BCUT2D eigenvalue weighted by molar-refractivity contribution is 6.33. The van der Waals surface area contributed by atoms with Gasteiger partial charge in [0.2, 0.25) is 5.88 Å². The fourth-order valence-electron chi connectivity index (χ4n) is 5.52. The van der Waals surface area contributed by atoms with Crippen LogP contribution in [0.15, 0.2) is 85.1 Å². The number of aromatic nitrogens is 1. The molecule has 0 aliphatic heterocycles. The summed E-state index contributed by atoms with van der Waals surface area (Å²) in [5.74, 6) is 1.28. The van der Waals surface area contributed by atoms with Gasteiger partial charge in [-0.2, -0.15) is 0 Å². The summed E-state index contributed by atoms with van der Waals surface area (Å²) in [7, 11) is 0. The summed E-state index contributed by atoms with van der Waals surface area (Å²) in [6.45, 7) is 2.63. The van der Waals surface area contributed by atoms with Gasteiger partial charge in [-0.15, -0.1) is 0 Å². The van der Waals surface area contributed by atoms with Crippen LogP contribution >= 0.6 is 11.6 Å². The maximum atomic E-state index is 6.71. The molecular weight excluding hydrogens is 468 g/mol. The highest BCUT2D eigenvalue weighted by Gasteiger charge is 2.41. The lowest BCUT2D eigenvalue weighted by atomic mass is 9.64. The third-order valence-corrected chi connectivity index (χ3v) is 7.91. The number of pyridine rings is 1. The van der Waals surface area contributed by atoms with E-state index >= 15 is 0 Å². The monoisotopic (exact) mass is 500 g/mol. The van der Waals surface area contributed by atoms with E-state index in [-0.39, 0.29) is 17.6 Å². The fourth-order valence-corrected chi connectivity index (χ4v) is 5.72. The Morgan fingerprint density at radius 3 is 2.39 bits per heavy atom. The molecule has 1 aromatic heterocycles. The van der Waals surface area contributed by atoms with Gasteiger partial charge < -0.3 is 15.2 Å². The van der Waals surface area contributed by atoms with Crippen molar-refractivity contribution in [2.24, 2.45) is 5.73 Å². The quantitative estimate of drug-likeness (QED) is 0.272. The number of benzene rings is 3. The first kappa shape index (κ1) is 24.6. The van der Waals surface area contributed by atoms with Gasteiger partial charge in [-0.05, 0) is 66.8 Å². The predicted octanol–water partition coefficient (Wildman–Crippen LogP) is 7.46. The molecule has 1 heterocycles. The highest BCUT2D eigenvalue weighted by atomic mass is 35.5. The molecule has 5 rings (SSSR count). The molecule has 3 aromatic carbocycles. The summed E-state index contributed by atoms with van der Waals surface area (Å²) in [4.78, 5) is 4.44. The van der Waals surface area contributed by atoms with Crippen LogP contribution < -0.4 is 15.2 Å². The average Bonchev–Trinajstić information content (AvgIpc) is 2.93. The molecule has 1 fully saturated rings. The lowest BCUT2D eigenvalue weighted by Gasteiger charge is -2.44. The Kier molecular flexibility index (Phi) is 7.45. The van der Waals surface area contributed by atoms with Crippen molar-refractivity contribution in [3.63, 3.8) is 0 Å². The third kappa shape index (κ3) is 5.07. The van der Waals surface area contributed by atoms with E-state index < -0.39 is 0 Å². The molecule has 0 saturated heterocycles. The standard InChI is InChI=1S/C31H33ClN2O2/c1-2-29(33)31(24-11-7-4-8-12-24)16-13-25(14-17-31)36-28-19-23-15-18-34-30(26(23)20-27(28)32)35-21-22-9-5-3-6-10-22/h3-12,15,18-20,25,29H,2,13-14,16-17,21,33H2,1H3/t25-,29?,31+. The van der Waals surface area contributed by atoms with E-state index in [2.05, 4.69) is 42.2 Å². The maximum absolute atomic E-state index is 6.71. The van der Waals surface area contributed by atoms with Gasteiger partial charge in [-0.3, -0.25) is 0 Å². The Morgan fingerprint density at radius 1 is 1.00 bits per heavy atom. The van der Waals surface area contributed by atoms with Gasteiger partial charge in [0, 0.05) is 23.0 Å². The van der Waals surface area contributed by atoms with E-state index in [9.17, 15) is 0 Å². The molecule has 36 heavy (non-hydrogen) atoms. The minimum atomic E-state index is -0.000285. The van der Waals surface area contributed by atoms with Crippen LogP contribution in [0.1, 0.15) is 50.2 Å². The lowest BCUT2D eigenvalue weighted by Crippen LogP contribution is -2.48. The van der Waals surface area contributed by atoms with Crippen LogP contribution in [0.5, 0.6) is 11.6 Å². The molecule has 1 unspecified atom stereocenters. The number of nitrogens with zero attached hydrogens (tertiary/aromatic N) is 1. The molecule has 4 aromatic rings. The topological polar surface area (TPSA) is 57.4 Å². The molecular formula is C31H33ClN2O2. The molecule has 1 aliphatic carbocycles. The SMILES string of the molecule is CCC(N)[C@]1(c2ccccc2)CC[C@H](Oc2cc3ccnc(OCc4ccccc4)c3cc2Cl)CC1. The van der Waals surface area contributed by atoms with Crippen LogP contribution in [0.2, 0.25) is 5.02 Å². The fraction of sp³-hybridized carbons (Fsp3) is 0.323. The van der Waals surface area contributed by atoms with Crippen molar-refractivity contribution in [1.29, 1.82) is 0 Å². The number of hydrogen-bond donors (Lipinski definition) is 1. The zero-order chi connectivity index (χ0) is 25.0. The van der Waals surface area contributed by atoms with Gasteiger partial charge in [0.15, 0.2) is 0 Å². The van der Waals surface area contributed by atoms with Crippen LogP contribution in [0.25, 0.3) is 10.8 Å². The molecule has 1 aliphatic rings. The summed E-state index contributed by atoms with van der Waals surface area (Å²) in [5.41, 5.74) is 9.13. The average molecular weight is 501 g/mol. The minimum absolute atomic E-state index is 0.000285. The molecule has 0 radical (unpaired) electrons. The summed E-state index contributed by atoms with van der Waals surface area (Å²) in [6, 6.07) is 26.8. The molecule has 186 valence electrons. The Morgan fingerprint density at radius 2 is 1.69 bits per heavy atom. The van der Waals surface area contributed by atoms with Crippen molar-refractivity contribution in [2.75, 3.05) is 0 Å². The Bertz CT molecular complexity index is 1290. The van der Waals surface area contributed by atoms with Crippen molar-refractivity contribution in [2.45, 2.75) is 63.2 Å². The summed E-state index contributed by atoms with van der Waals surface area (Å²) >= 11 is 6.71. The summed E-state index contributed by atoms with van der Waals surface area (Å²) in [5, 5.41) is 2.45. The molecule has 1 atom stereocenters. The van der Waals surface area contributed by atoms with E-state index in [4.69, 9.17) is 26.8 Å². The number of nitrogens with two attached hydrogens (primary N) is 1. The molecule has 2 N–H and O–H groups in total. The second-order valence-electron chi connectivity index (χ2n) is 9.75. The van der Waals surface area contributed by atoms with Gasteiger partial charge in [0.25, 0.3) is 0 Å². The number of hydrogen-bond acceptors (Lipinski definition) is 4. The van der Waals surface area contributed by atoms with E-state index in [1.165, 1.54) is 5.56 Å². The molecule has 0 bridgehead atoms. The van der Waals surface area contributed by atoms with E-state index in [0.717, 1.165) is 48.4 Å². The van der Waals surface area contributed by atoms with Gasteiger partial charge in [0.05, 0.1) is 11.1 Å². The highest BCUT2D eigenvalue weighted by Crippen LogP contribution is 2.44. The molecule has 0 amide bonds. The molecule has 0 spiro atoms. The Hall–Kier alpha value is -3.08. The van der Waals surface area contributed by atoms with Crippen LogP contribution in [0, 0.1) is 0 Å². The minimum Gasteiger partial charge on any atom is -0.489 e. The van der Waals surface area contributed by atoms with E-state index in [1.54, 1.807) is 6.20 Å². The van der Waals surface area contributed by atoms with Gasteiger partial charge >= 0.3 is 0 Å². The predicted molar refractivity (Wildman–Crippen MR) is 147 cm³/mol. The Balaban J connectivity index is 1.31. The maximum Gasteiger partial charge on any atom is 0.221 e. The zero-order valence-electron chi connectivity index (χ0n) is 20.7. The van der Waals surface area contributed by atoms with Gasteiger partial charge in [-0.25, -0.2) is 4.98 Å². The van der Waals surface area contributed by atoms with Crippen molar-refractivity contribution < 1.29 is 9.47 Å². The Labute approximate surface area is 218 Å². The van der Waals surface area contributed by atoms with Crippen LogP contribution in [0.4, 0.5) is 0 Å². The number of rotatable bonds is 8. The van der Waals surface area contributed by atoms with Crippen molar-refractivity contribution in [3.05, 3.63) is 101 Å². The largest absolute Gasteiger partial charge is 0.489 e. The molecule has 5 heteroatoms. The number of halogens is 1. The molecule has 4 nitrogen and oxygen atoms in total. The summed E-state index contributed by atoms with van der Waals surface area (Å²) in [6.07, 6.45) is 6.72. The van der Waals surface area contributed by atoms with Crippen LogP contribution in [0.3, 0.4) is 0 Å². The third-order valence-electron chi connectivity index (χ3n) is 7.62. The van der Waals surface area contributed by atoms with E-state index in [0.29, 0.717) is 23.3 Å². The summed E-state index contributed by atoms with van der Waals surface area (Å²) < 4.78 is 12.5. The van der Waals surface area contributed by atoms with Crippen molar-refractivity contribution in [3.8, 4) is 11.6 Å². The van der Waals surface area contributed by atoms with Crippen LogP contribution in [-0.4, -0.2) is 17.1 Å². The van der Waals surface area contributed by atoms with E-state index in [1.807, 2.05) is 48.5 Å². The number of fused-ring (bicyclic) bond motifs is 1. The first-order chi connectivity index (χ1) is 17.6. The first-order valence-corrected chi connectivity index (χ1v) is 13.2. The zero-order valence-corrected chi connectivity index (χ0v) is 21.5. The normalized spacial score (nSPS) is 20.7. The van der Waals surface area contributed by atoms with Crippen LogP contribution in [-0.2, 0) is 12.0 Å². The van der Waals surface area contributed by atoms with Gasteiger partial charge in [-0.1, -0.05) is 79.2 Å². The van der Waals surface area contributed by atoms with Crippen molar-refractivity contribution >= 4 is 22.4 Å². The second kappa shape index (κ2) is 10.9. The smallest absolute Gasteiger partial charge is 0.221 e. The second-order valence-corrected chi connectivity index (χ2v) is 10.2. The van der Waals surface area contributed by atoms with Crippen molar-refractivity contribution in [1.82, 2.24) is 4.98 Å².